The molecule has 3 heteroatoms. The molecule has 0 saturated carbocycles. The number of hydrogen-bond acceptors (Lipinski definition) is 2. The summed E-state index contributed by atoms with van der Waals surface area (Å²) in [5.74, 6) is 1.53. The minimum atomic E-state index is -0.0852. The summed E-state index contributed by atoms with van der Waals surface area (Å²) in [6.07, 6.45) is 2.46. The van der Waals surface area contributed by atoms with E-state index in [1.807, 2.05) is 6.07 Å². The van der Waals surface area contributed by atoms with Gasteiger partial charge in [0.25, 0.3) is 0 Å². The van der Waals surface area contributed by atoms with Gasteiger partial charge in [-0.05, 0) is 42.9 Å². The number of methoxy groups -OCH3 is 1. The van der Waals surface area contributed by atoms with Crippen LogP contribution in [0.15, 0.2) is 18.2 Å². The van der Waals surface area contributed by atoms with E-state index in [2.05, 4.69) is 38.2 Å². The zero-order chi connectivity index (χ0) is 14.0. The highest BCUT2D eigenvalue weighted by Crippen LogP contribution is 2.32. The third kappa shape index (κ3) is 2.75. The molecule has 1 heterocycles. The molecule has 3 nitrogen and oxygen atoms in total. The first kappa shape index (κ1) is 13.9. The molecular formula is C16H23NO2. The molecule has 1 atom stereocenters. The molecule has 1 aliphatic rings. The van der Waals surface area contributed by atoms with Crippen LogP contribution in [0.25, 0.3) is 0 Å². The van der Waals surface area contributed by atoms with Crippen LogP contribution in [0.5, 0.6) is 5.75 Å². The summed E-state index contributed by atoms with van der Waals surface area (Å²) < 4.78 is 5.29. The number of carbonyl (C=O) groups is 1. The number of carbonyl (C=O) groups excluding carboxylic acids is 1. The van der Waals surface area contributed by atoms with Crippen molar-refractivity contribution in [2.75, 3.05) is 7.11 Å². The third-order valence-electron chi connectivity index (χ3n) is 4.27. The molecular weight excluding hydrogens is 238 g/mol. The number of nitrogens with one attached hydrogen (secondary N) is 1. The van der Waals surface area contributed by atoms with Gasteiger partial charge in [-0.25, -0.2) is 0 Å². The highest BCUT2D eigenvalue weighted by atomic mass is 16.5. The number of amides is 1. The molecule has 1 aliphatic heterocycles. The van der Waals surface area contributed by atoms with Crippen LogP contribution in [0.2, 0.25) is 0 Å². The molecule has 0 aliphatic carbocycles. The molecule has 0 aromatic heterocycles. The lowest BCUT2D eigenvalue weighted by atomic mass is 9.79. The fraction of sp³-hybridized carbons (Fsp3) is 0.562. The molecule has 2 rings (SSSR count). The van der Waals surface area contributed by atoms with Gasteiger partial charge >= 0.3 is 0 Å². The highest BCUT2D eigenvalue weighted by molar-refractivity contribution is 5.79. The van der Waals surface area contributed by atoms with Crippen molar-refractivity contribution >= 4 is 5.91 Å². The van der Waals surface area contributed by atoms with Crippen LogP contribution in [-0.4, -0.2) is 18.6 Å². The predicted molar refractivity (Wildman–Crippen MR) is 76.4 cm³/mol. The quantitative estimate of drug-likeness (QED) is 0.905. The second-order valence-electron chi connectivity index (χ2n) is 5.84. The molecule has 1 amide bonds. The minimum Gasteiger partial charge on any atom is -0.496 e. The lowest BCUT2D eigenvalue weighted by Crippen LogP contribution is -2.48. The maximum Gasteiger partial charge on any atom is 0.220 e. The maximum atomic E-state index is 11.6. The summed E-state index contributed by atoms with van der Waals surface area (Å²) in [7, 11) is 1.69. The van der Waals surface area contributed by atoms with Crippen molar-refractivity contribution < 1.29 is 9.53 Å². The fourth-order valence-electron chi connectivity index (χ4n) is 2.92. The van der Waals surface area contributed by atoms with Crippen LogP contribution < -0.4 is 10.1 Å². The van der Waals surface area contributed by atoms with E-state index < -0.39 is 0 Å². The van der Waals surface area contributed by atoms with Crippen LogP contribution >= 0.6 is 0 Å². The zero-order valence-corrected chi connectivity index (χ0v) is 12.2. The average molecular weight is 261 g/mol. The summed E-state index contributed by atoms with van der Waals surface area (Å²) in [4.78, 5) is 11.6. The van der Waals surface area contributed by atoms with Gasteiger partial charge in [-0.2, -0.15) is 0 Å². The summed E-state index contributed by atoms with van der Waals surface area (Å²) in [5, 5.41) is 3.19. The Labute approximate surface area is 115 Å². The molecule has 0 bridgehead atoms. The van der Waals surface area contributed by atoms with E-state index in [1.165, 1.54) is 5.56 Å². The van der Waals surface area contributed by atoms with E-state index in [9.17, 15) is 4.79 Å². The monoisotopic (exact) mass is 261 g/mol. The van der Waals surface area contributed by atoms with Crippen LogP contribution in [0.4, 0.5) is 0 Å². The normalized spacial score (nSPS) is 22.7. The molecule has 0 radical (unpaired) electrons. The van der Waals surface area contributed by atoms with Gasteiger partial charge in [-0.3, -0.25) is 4.79 Å². The van der Waals surface area contributed by atoms with E-state index in [-0.39, 0.29) is 11.4 Å². The summed E-state index contributed by atoms with van der Waals surface area (Å²) in [6.45, 7) is 6.42. The Morgan fingerprint density at radius 2 is 2.16 bits per heavy atom. The van der Waals surface area contributed by atoms with Crippen LogP contribution in [-0.2, 0) is 11.2 Å². The van der Waals surface area contributed by atoms with Crippen molar-refractivity contribution in [3.63, 3.8) is 0 Å². The van der Waals surface area contributed by atoms with Crippen molar-refractivity contribution in [3.05, 3.63) is 29.3 Å². The van der Waals surface area contributed by atoms with Gasteiger partial charge in [-0.15, -0.1) is 0 Å². The highest BCUT2D eigenvalue weighted by Gasteiger charge is 2.40. The first-order valence-electron chi connectivity index (χ1n) is 6.91. The molecule has 1 N–H and O–H groups in total. The topological polar surface area (TPSA) is 38.3 Å². The molecule has 1 saturated heterocycles. The minimum absolute atomic E-state index is 0.0852. The van der Waals surface area contributed by atoms with Crippen LogP contribution in [0.3, 0.4) is 0 Å². The summed E-state index contributed by atoms with van der Waals surface area (Å²) in [6, 6.07) is 6.27. The Kier molecular flexibility index (Phi) is 3.83. The van der Waals surface area contributed by atoms with E-state index >= 15 is 0 Å². The second-order valence-corrected chi connectivity index (χ2v) is 5.84. The average Bonchev–Trinajstić information content (AvgIpc) is 2.72. The van der Waals surface area contributed by atoms with Crippen molar-refractivity contribution in [1.82, 2.24) is 5.32 Å². The smallest absolute Gasteiger partial charge is 0.220 e. The summed E-state index contributed by atoms with van der Waals surface area (Å²) in [5.41, 5.74) is 2.32. The van der Waals surface area contributed by atoms with Gasteiger partial charge in [0.2, 0.25) is 5.91 Å². The Balaban J connectivity index is 2.23. The molecule has 1 fully saturated rings. The molecule has 19 heavy (non-hydrogen) atoms. The maximum absolute atomic E-state index is 11.6. The number of hydrogen-bond donors (Lipinski definition) is 1. The molecule has 0 spiro atoms. The Bertz CT molecular complexity index is 482. The molecule has 1 aromatic carbocycles. The van der Waals surface area contributed by atoms with E-state index in [1.54, 1.807) is 7.11 Å². The van der Waals surface area contributed by atoms with Crippen molar-refractivity contribution in [3.8, 4) is 5.75 Å². The van der Waals surface area contributed by atoms with Gasteiger partial charge < -0.3 is 10.1 Å². The zero-order valence-electron chi connectivity index (χ0n) is 12.2. The first-order valence-corrected chi connectivity index (χ1v) is 6.91. The van der Waals surface area contributed by atoms with Gasteiger partial charge in [0.1, 0.15) is 5.75 Å². The van der Waals surface area contributed by atoms with Crippen LogP contribution in [0.1, 0.15) is 37.8 Å². The molecule has 1 aromatic rings. The largest absolute Gasteiger partial charge is 0.496 e. The lowest BCUT2D eigenvalue weighted by molar-refractivity contribution is -0.120. The van der Waals surface area contributed by atoms with Crippen molar-refractivity contribution in [1.29, 1.82) is 0 Å². The van der Waals surface area contributed by atoms with E-state index in [0.29, 0.717) is 12.3 Å². The number of aryl methyl sites for hydroxylation is 1. The van der Waals surface area contributed by atoms with Crippen LogP contribution in [0, 0.1) is 12.8 Å². The number of ether oxygens (including phenoxy) is 1. The third-order valence-corrected chi connectivity index (χ3v) is 4.27. The first-order chi connectivity index (χ1) is 8.97. The van der Waals surface area contributed by atoms with Gasteiger partial charge in [0.15, 0.2) is 0 Å². The lowest BCUT2D eigenvalue weighted by Gasteiger charge is -2.34. The Morgan fingerprint density at radius 1 is 1.42 bits per heavy atom. The standard InChI is InChI=1S/C16H23NO2/c1-11(2)16(8-7-15(18)17-16)10-13-5-6-14(19-4)12(3)9-13/h5-6,9,11H,7-8,10H2,1-4H3,(H,17,18). The SMILES string of the molecule is COc1ccc(CC2(C(C)C)CCC(=O)N2)cc1C. The number of benzene rings is 1. The van der Waals surface area contributed by atoms with E-state index in [4.69, 9.17) is 4.74 Å². The molecule has 1 unspecified atom stereocenters. The molecule has 104 valence electrons. The Morgan fingerprint density at radius 3 is 2.63 bits per heavy atom. The fourth-order valence-corrected chi connectivity index (χ4v) is 2.92. The van der Waals surface area contributed by atoms with Crippen molar-refractivity contribution in [2.45, 2.75) is 45.6 Å². The Hall–Kier alpha value is -1.51. The predicted octanol–water partition coefficient (Wildman–Crippen LogP) is 2.85. The van der Waals surface area contributed by atoms with Gasteiger partial charge in [-0.1, -0.05) is 26.0 Å². The second kappa shape index (κ2) is 5.24. The van der Waals surface area contributed by atoms with Gasteiger partial charge in [0, 0.05) is 12.0 Å². The summed E-state index contributed by atoms with van der Waals surface area (Å²) >= 11 is 0. The number of rotatable bonds is 4. The van der Waals surface area contributed by atoms with Gasteiger partial charge in [0.05, 0.1) is 7.11 Å². The van der Waals surface area contributed by atoms with Crippen molar-refractivity contribution in [2.24, 2.45) is 5.92 Å². The van der Waals surface area contributed by atoms with E-state index in [0.717, 1.165) is 24.2 Å².